The van der Waals surface area contributed by atoms with Crippen molar-refractivity contribution in [3.63, 3.8) is 0 Å². The number of rotatable bonds is 6. The maximum absolute atomic E-state index is 11.9. The van der Waals surface area contributed by atoms with E-state index in [1.807, 2.05) is 49.4 Å². The second-order valence-electron chi connectivity index (χ2n) is 5.87. The van der Waals surface area contributed by atoms with Gasteiger partial charge in [-0.3, -0.25) is 9.59 Å². The number of benzene rings is 2. The molecule has 0 fully saturated rings. The number of carbonyl (C=O) groups is 2. The van der Waals surface area contributed by atoms with Gasteiger partial charge < -0.3 is 20.1 Å². The van der Waals surface area contributed by atoms with Crippen LogP contribution in [0.15, 0.2) is 42.5 Å². The zero-order chi connectivity index (χ0) is 17.6. The average Bonchev–Trinajstić information content (AvgIpc) is 2.60. The van der Waals surface area contributed by atoms with Crippen LogP contribution in [0.4, 0.5) is 5.69 Å². The Labute approximate surface area is 146 Å². The monoisotopic (exact) mass is 340 g/mol. The molecule has 2 amide bonds. The minimum absolute atomic E-state index is 0.0163. The maximum atomic E-state index is 11.9. The largest absolute Gasteiger partial charge is 0.484 e. The van der Waals surface area contributed by atoms with Crippen LogP contribution >= 0.6 is 0 Å². The molecular weight excluding hydrogens is 320 g/mol. The number of ether oxygens (including phenoxy) is 2. The van der Waals surface area contributed by atoms with Crippen molar-refractivity contribution in [1.82, 2.24) is 5.32 Å². The summed E-state index contributed by atoms with van der Waals surface area (Å²) in [5.74, 6) is 1.02. The number of anilines is 1. The Morgan fingerprint density at radius 1 is 1.28 bits per heavy atom. The van der Waals surface area contributed by atoms with Crippen molar-refractivity contribution in [2.24, 2.45) is 0 Å². The van der Waals surface area contributed by atoms with Crippen LogP contribution < -0.4 is 20.1 Å². The summed E-state index contributed by atoms with van der Waals surface area (Å²) < 4.78 is 10.8. The average molecular weight is 340 g/mol. The zero-order valence-corrected chi connectivity index (χ0v) is 14.0. The standard InChI is InChI=1S/C19H20N2O4/c1-13-3-2-4-15(9-13)24-11-18(22)20-8-7-14-5-6-17-16(10-14)21-19(23)12-25-17/h2-6,9-10H,7-8,11-12H2,1H3,(H,20,22)(H,21,23). The minimum atomic E-state index is -0.170. The van der Waals surface area contributed by atoms with Gasteiger partial charge in [-0.1, -0.05) is 18.2 Å². The van der Waals surface area contributed by atoms with Crippen molar-refractivity contribution in [2.75, 3.05) is 25.1 Å². The number of aryl methyl sites for hydroxylation is 1. The van der Waals surface area contributed by atoms with Crippen LogP contribution in [0.3, 0.4) is 0 Å². The molecule has 25 heavy (non-hydrogen) atoms. The summed E-state index contributed by atoms with van der Waals surface area (Å²) >= 11 is 0. The van der Waals surface area contributed by atoms with Gasteiger partial charge in [-0.15, -0.1) is 0 Å². The molecule has 0 atom stereocenters. The Morgan fingerprint density at radius 2 is 2.16 bits per heavy atom. The number of hydrogen-bond acceptors (Lipinski definition) is 4. The SMILES string of the molecule is Cc1cccc(OCC(=O)NCCc2ccc3c(c2)NC(=O)CO3)c1. The molecule has 1 heterocycles. The van der Waals surface area contributed by atoms with E-state index in [4.69, 9.17) is 9.47 Å². The van der Waals surface area contributed by atoms with Crippen LogP contribution in [0, 0.1) is 6.92 Å². The van der Waals surface area contributed by atoms with Crippen molar-refractivity contribution < 1.29 is 19.1 Å². The highest BCUT2D eigenvalue weighted by Crippen LogP contribution is 2.28. The quantitative estimate of drug-likeness (QED) is 0.844. The van der Waals surface area contributed by atoms with Crippen molar-refractivity contribution in [3.05, 3.63) is 53.6 Å². The molecule has 2 aromatic carbocycles. The summed E-state index contributed by atoms with van der Waals surface area (Å²) in [6.07, 6.45) is 0.652. The Hall–Kier alpha value is -3.02. The van der Waals surface area contributed by atoms with E-state index in [1.165, 1.54) is 0 Å². The van der Waals surface area contributed by atoms with Gasteiger partial charge in [0.15, 0.2) is 13.2 Å². The zero-order valence-electron chi connectivity index (χ0n) is 14.0. The van der Waals surface area contributed by atoms with Gasteiger partial charge >= 0.3 is 0 Å². The molecule has 3 rings (SSSR count). The van der Waals surface area contributed by atoms with Crippen LogP contribution in [0.5, 0.6) is 11.5 Å². The highest BCUT2D eigenvalue weighted by Gasteiger charge is 2.15. The van der Waals surface area contributed by atoms with Crippen LogP contribution in [0.2, 0.25) is 0 Å². The van der Waals surface area contributed by atoms with E-state index in [0.717, 1.165) is 11.1 Å². The molecule has 1 aliphatic heterocycles. The van der Waals surface area contributed by atoms with Gasteiger partial charge in [0.2, 0.25) is 0 Å². The molecule has 130 valence electrons. The van der Waals surface area contributed by atoms with Gasteiger partial charge in [-0.05, 0) is 48.7 Å². The van der Waals surface area contributed by atoms with Gasteiger partial charge in [0.05, 0.1) is 5.69 Å². The Bertz CT molecular complexity index is 789. The van der Waals surface area contributed by atoms with Crippen LogP contribution in [0.1, 0.15) is 11.1 Å². The third-order valence-corrected chi connectivity index (χ3v) is 3.77. The molecule has 0 radical (unpaired) electrons. The summed E-state index contributed by atoms with van der Waals surface area (Å²) in [6.45, 7) is 2.49. The van der Waals surface area contributed by atoms with E-state index in [1.54, 1.807) is 0 Å². The molecule has 0 unspecified atom stereocenters. The lowest BCUT2D eigenvalue weighted by Gasteiger charge is -2.18. The number of amides is 2. The lowest BCUT2D eigenvalue weighted by atomic mass is 10.1. The maximum Gasteiger partial charge on any atom is 0.262 e. The van der Waals surface area contributed by atoms with Gasteiger partial charge in [0.1, 0.15) is 11.5 Å². The Kier molecular flexibility index (Phi) is 5.18. The molecule has 0 bridgehead atoms. The minimum Gasteiger partial charge on any atom is -0.484 e. The molecule has 2 N–H and O–H groups in total. The summed E-state index contributed by atoms with van der Waals surface area (Å²) in [6, 6.07) is 13.2. The van der Waals surface area contributed by atoms with Gasteiger partial charge in [0.25, 0.3) is 11.8 Å². The van der Waals surface area contributed by atoms with Crippen LogP contribution in [0.25, 0.3) is 0 Å². The molecule has 0 saturated carbocycles. The van der Waals surface area contributed by atoms with E-state index < -0.39 is 0 Å². The van der Waals surface area contributed by atoms with Crippen molar-refractivity contribution in [3.8, 4) is 11.5 Å². The summed E-state index contributed by atoms with van der Waals surface area (Å²) in [7, 11) is 0. The fourth-order valence-corrected chi connectivity index (χ4v) is 2.54. The molecular formula is C19H20N2O4. The third-order valence-electron chi connectivity index (χ3n) is 3.77. The van der Waals surface area contributed by atoms with E-state index in [0.29, 0.717) is 30.2 Å². The van der Waals surface area contributed by atoms with E-state index in [2.05, 4.69) is 10.6 Å². The predicted molar refractivity (Wildman–Crippen MR) is 94.0 cm³/mol. The normalized spacial score (nSPS) is 12.6. The number of carbonyl (C=O) groups excluding carboxylic acids is 2. The number of nitrogens with one attached hydrogen (secondary N) is 2. The van der Waals surface area contributed by atoms with Gasteiger partial charge in [0, 0.05) is 6.54 Å². The molecule has 1 aliphatic rings. The third kappa shape index (κ3) is 4.73. The molecule has 0 aromatic heterocycles. The van der Waals surface area contributed by atoms with Crippen molar-refractivity contribution in [2.45, 2.75) is 13.3 Å². The first-order chi connectivity index (χ1) is 12.1. The fraction of sp³-hybridized carbons (Fsp3) is 0.263. The number of hydrogen-bond donors (Lipinski definition) is 2. The van der Waals surface area contributed by atoms with Gasteiger partial charge in [-0.25, -0.2) is 0 Å². The van der Waals surface area contributed by atoms with Gasteiger partial charge in [-0.2, -0.15) is 0 Å². The predicted octanol–water partition coefficient (Wildman–Crippen LogP) is 2.06. The molecule has 0 saturated heterocycles. The molecule has 6 heteroatoms. The first kappa shape index (κ1) is 16.8. The van der Waals surface area contributed by atoms with Crippen LogP contribution in [-0.4, -0.2) is 31.6 Å². The fourth-order valence-electron chi connectivity index (χ4n) is 2.54. The molecule has 2 aromatic rings. The highest BCUT2D eigenvalue weighted by atomic mass is 16.5. The first-order valence-electron chi connectivity index (χ1n) is 8.12. The topological polar surface area (TPSA) is 76.7 Å². The molecule has 0 aliphatic carbocycles. The second-order valence-corrected chi connectivity index (χ2v) is 5.87. The smallest absolute Gasteiger partial charge is 0.262 e. The summed E-state index contributed by atoms with van der Waals surface area (Å²) in [4.78, 5) is 23.2. The summed E-state index contributed by atoms with van der Waals surface area (Å²) in [5.41, 5.74) is 2.76. The van der Waals surface area contributed by atoms with Crippen molar-refractivity contribution in [1.29, 1.82) is 0 Å². The summed E-state index contributed by atoms with van der Waals surface area (Å²) in [5, 5.41) is 5.59. The second kappa shape index (κ2) is 7.70. The molecule has 6 nitrogen and oxygen atoms in total. The Morgan fingerprint density at radius 3 is 3.00 bits per heavy atom. The molecule has 0 spiro atoms. The lowest BCUT2D eigenvalue weighted by molar-refractivity contribution is -0.123. The first-order valence-corrected chi connectivity index (χ1v) is 8.12. The van der Waals surface area contributed by atoms with Crippen LogP contribution in [-0.2, 0) is 16.0 Å². The number of fused-ring (bicyclic) bond motifs is 1. The Balaban J connectivity index is 1.44. The van der Waals surface area contributed by atoms with E-state index in [9.17, 15) is 9.59 Å². The van der Waals surface area contributed by atoms with E-state index in [-0.39, 0.29) is 25.0 Å². The van der Waals surface area contributed by atoms with Crippen molar-refractivity contribution >= 4 is 17.5 Å². The lowest BCUT2D eigenvalue weighted by Crippen LogP contribution is -2.30. The highest BCUT2D eigenvalue weighted by molar-refractivity contribution is 5.95. The van der Waals surface area contributed by atoms with E-state index >= 15 is 0 Å².